The van der Waals surface area contributed by atoms with Crippen molar-refractivity contribution in [1.29, 1.82) is 0 Å². The zero-order valence-electron chi connectivity index (χ0n) is 19.5. The summed E-state index contributed by atoms with van der Waals surface area (Å²) in [5.74, 6) is 0.110. The van der Waals surface area contributed by atoms with Crippen molar-refractivity contribution in [3.63, 3.8) is 0 Å². The van der Waals surface area contributed by atoms with E-state index in [1.165, 1.54) is 6.07 Å². The van der Waals surface area contributed by atoms with Crippen LogP contribution in [0.4, 0.5) is 14.7 Å². The van der Waals surface area contributed by atoms with E-state index in [9.17, 15) is 18.7 Å². The van der Waals surface area contributed by atoms with Gasteiger partial charge in [0.25, 0.3) is 0 Å². The third kappa shape index (κ3) is 4.81. The molecule has 0 spiro atoms. The lowest BCUT2D eigenvalue weighted by atomic mass is 9.97. The van der Waals surface area contributed by atoms with Gasteiger partial charge in [-0.1, -0.05) is 18.2 Å². The van der Waals surface area contributed by atoms with E-state index in [0.29, 0.717) is 49.6 Å². The van der Waals surface area contributed by atoms with Crippen LogP contribution in [0.3, 0.4) is 0 Å². The molecule has 0 saturated carbocycles. The Kier molecular flexibility index (Phi) is 6.45. The number of halogens is 2. The number of carboxylic acid groups (broad SMARTS) is 1. The van der Waals surface area contributed by atoms with Gasteiger partial charge in [-0.15, -0.1) is 0 Å². The van der Waals surface area contributed by atoms with E-state index in [0.717, 1.165) is 22.5 Å². The quantitative estimate of drug-likeness (QED) is 0.411. The third-order valence-electron chi connectivity index (χ3n) is 6.42. The summed E-state index contributed by atoms with van der Waals surface area (Å²) >= 11 is 0. The highest BCUT2D eigenvalue weighted by Gasteiger charge is 2.25. The smallest absolute Gasteiger partial charge is 0.387 e. The van der Waals surface area contributed by atoms with Gasteiger partial charge in [-0.2, -0.15) is 8.78 Å². The maximum absolute atomic E-state index is 12.9. The Morgan fingerprint density at radius 1 is 1.11 bits per heavy atom. The van der Waals surface area contributed by atoms with Crippen LogP contribution in [0, 0.1) is 12.8 Å². The normalized spacial score (nSPS) is 14.5. The van der Waals surface area contributed by atoms with E-state index in [1.54, 1.807) is 36.8 Å². The van der Waals surface area contributed by atoms with E-state index in [4.69, 9.17) is 0 Å². The van der Waals surface area contributed by atoms with Crippen LogP contribution in [-0.2, 0) is 11.2 Å². The summed E-state index contributed by atoms with van der Waals surface area (Å²) in [5, 5.41) is 9.19. The number of para-hydroxylation sites is 1. The number of aryl methyl sites for hydroxylation is 1. The largest absolute Gasteiger partial charge is 0.481 e. The molecule has 1 fully saturated rings. The molecule has 4 aromatic rings. The molecular formula is C25H24F2N6O3. The average molecular weight is 495 g/mol. The molecule has 0 bridgehead atoms. The first-order chi connectivity index (χ1) is 17.4. The minimum atomic E-state index is -2.91. The Morgan fingerprint density at radius 3 is 2.50 bits per heavy atom. The molecule has 3 aromatic heterocycles. The van der Waals surface area contributed by atoms with Crippen molar-refractivity contribution < 1.29 is 23.4 Å². The first kappa shape index (κ1) is 23.6. The number of anilines is 1. The highest BCUT2D eigenvalue weighted by atomic mass is 19.3. The second kappa shape index (κ2) is 9.84. The Morgan fingerprint density at radius 2 is 1.81 bits per heavy atom. The van der Waals surface area contributed by atoms with Gasteiger partial charge in [0, 0.05) is 61.0 Å². The lowest BCUT2D eigenvalue weighted by molar-refractivity contribution is -0.142. The lowest BCUT2D eigenvalue weighted by Crippen LogP contribution is -2.37. The summed E-state index contributed by atoms with van der Waals surface area (Å²) in [6.45, 7) is 0.136. The van der Waals surface area contributed by atoms with E-state index in [1.807, 2.05) is 22.4 Å². The molecule has 11 heteroatoms. The number of ether oxygens (including phenoxy) is 1. The topological polar surface area (TPSA) is 106 Å². The molecule has 36 heavy (non-hydrogen) atoms. The molecule has 0 radical (unpaired) electrons. The predicted molar refractivity (Wildman–Crippen MR) is 127 cm³/mol. The van der Waals surface area contributed by atoms with Gasteiger partial charge < -0.3 is 14.7 Å². The van der Waals surface area contributed by atoms with Gasteiger partial charge >= 0.3 is 12.6 Å². The highest BCUT2D eigenvalue weighted by Crippen LogP contribution is 2.27. The number of benzene rings is 1. The molecule has 186 valence electrons. The van der Waals surface area contributed by atoms with Crippen LogP contribution in [-0.4, -0.2) is 55.1 Å². The number of aliphatic carboxylic acids is 1. The van der Waals surface area contributed by atoms with Crippen LogP contribution in [0.1, 0.15) is 29.8 Å². The number of carbonyl (C=O) groups is 1. The minimum Gasteiger partial charge on any atom is -0.481 e. The molecule has 0 atom stereocenters. The molecule has 1 aromatic carbocycles. The van der Waals surface area contributed by atoms with Crippen LogP contribution in [0.5, 0.6) is 5.75 Å². The van der Waals surface area contributed by atoms with Crippen molar-refractivity contribution in [2.75, 3.05) is 18.0 Å². The van der Waals surface area contributed by atoms with Gasteiger partial charge in [-0.25, -0.2) is 19.9 Å². The van der Waals surface area contributed by atoms with Crippen LogP contribution in [0.2, 0.25) is 0 Å². The molecular weight excluding hydrogens is 470 g/mol. The van der Waals surface area contributed by atoms with Crippen LogP contribution >= 0.6 is 0 Å². The minimum absolute atomic E-state index is 0.127. The van der Waals surface area contributed by atoms with Gasteiger partial charge in [0.05, 0.1) is 17.3 Å². The lowest BCUT2D eigenvalue weighted by Gasteiger charge is -2.29. The summed E-state index contributed by atoms with van der Waals surface area (Å²) < 4.78 is 32.3. The Labute approximate surface area is 205 Å². The molecule has 0 unspecified atom stereocenters. The zero-order chi connectivity index (χ0) is 25.2. The van der Waals surface area contributed by atoms with E-state index >= 15 is 0 Å². The number of nitrogens with zero attached hydrogens (tertiary/aromatic N) is 6. The van der Waals surface area contributed by atoms with Crippen molar-refractivity contribution in [3.05, 3.63) is 66.0 Å². The van der Waals surface area contributed by atoms with Crippen molar-refractivity contribution in [1.82, 2.24) is 24.3 Å². The van der Waals surface area contributed by atoms with Crippen LogP contribution in [0.25, 0.3) is 16.9 Å². The zero-order valence-corrected chi connectivity index (χ0v) is 19.5. The number of rotatable bonds is 7. The monoisotopic (exact) mass is 494 g/mol. The number of hydrogen-bond acceptors (Lipinski definition) is 7. The number of fused-ring (bicyclic) bond motifs is 1. The highest BCUT2D eigenvalue weighted by molar-refractivity contribution is 5.70. The third-order valence-corrected chi connectivity index (χ3v) is 6.42. The van der Waals surface area contributed by atoms with E-state index in [-0.39, 0.29) is 11.7 Å². The molecule has 1 N–H and O–H groups in total. The maximum Gasteiger partial charge on any atom is 0.387 e. The number of carboxylic acids is 1. The molecule has 0 amide bonds. The summed E-state index contributed by atoms with van der Waals surface area (Å²) in [7, 11) is 0. The molecule has 5 rings (SSSR count). The van der Waals surface area contributed by atoms with Crippen molar-refractivity contribution in [3.8, 4) is 16.9 Å². The Hall–Kier alpha value is -4.15. The van der Waals surface area contributed by atoms with Crippen LogP contribution in [0.15, 0.2) is 49.1 Å². The number of piperidine rings is 1. The maximum atomic E-state index is 12.9. The first-order valence-corrected chi connectivity index (χ1v) is 11.6. The summed E-state index contributed by atoms with van der Waals surface area (Å²) in [5.41, 5.74) is 3.69. The van der Waals surface area contributed by atoms with Gasteiger partial charge in [0.2, 0.25) is 11.7 Å². The number of aromatic nitrogens is 5. The van der Waals surface area contributed by atoms with Gasteiger partial charge in [-0.3, -0.25) is 9.20 Å². The fraction of sp³-hybridized carbons (Fsp3) is 0.320. The van der Waals surface area contributed by atoms with Gasteiger partial charge in [-0.05, 0) is 25.8 Å². The number of alkyl halides is 2. The number of hydrogen-bond donors (Lipinski definition) is 1. The SMILES string of the molecule is Cc1nc2ncc(-c3cnc(N4CCC(C(=O)O)CC4)nc3)cn2c1Cc1ccccc1OC(F)F. The molecule has 1 aliphatic heterocycles. The number of imidazole rings is 1. The van der Waals surface area contributed by atoms with Crippen molar-refractivity contribution >= 4 is 17.7 Å². The molecule has 9 nitrogen and oxygen atoms in total. The summed E-state index contributed by atoms with van der Waals surface area (Å²) in [4.78, 5) is 31.1. The molecule has 0 aliphatic carbocycles. The predicted octanol–water partition coefficient (Wildman–Crippen LogP) is 3.99. The van der Waals surface area contributed by atoms with Gasteiger partial charge in [0.15, 0.2) is 0 Å². The second-order valence-corrected chi connectivity index (χ2v) is 8.69. The summed E-state index contributed by atoms with van der Waals surface area (Å²) in [6.07, 6.45) is 8.46. The second-order valence-electron chi connectivity index (χ2n) is 8.69. The Balaban J connectivity index is 1.40. The first-order valence-electron chi connectivity index (χ1n) is 11.6. The molecule has 4 heterocycles. The average Bonchev–Trinajstić information content (AvgIpc) is 3.19. The molecule has 1 saturated heterocycles. The fourth-order valence-corrected chi connectivity index (χ4v) is 4.45. The van der Waals surface area contributed by atoms with E-state index in [2.05, 4.69) is 24.7 Å². The van der Waals surface area contributed by atoms with Gasteiger partial charge in [0.1, 0.15) is 5.75 Å². The fourth-order valence-electron chi connectivity index (χ4n) is 4.45. The van der Waals surface area contributed by atoms with Crippen LogP contribution < -0.4 is 9.64 Å². The standard InChI is InChI=1S/C25H24F2N6O3/c1-15-20(10-17-4-2-3-5-21(17)36-23(26)27)33-14-19(13-30-25(33)31-15)18-11-28-24(29-12-18)32-8-6-16(7-9-32)22(34)35/h2-5,11-14,16,23H,6-10H2,1H3,(H,34,35). The Bertz CT molecular complexity index is 1380. The molecule has 1 aliphatic rings. The summed E-state index contributed by atoms with van der Waals surface area (Å²) in [6, 6.07) is 6.70. The van der Waals surface area contributed by atoms with E-state index < -0.39 is 12.6 Å². The van der Waals surface area contributed by atoms with Crippen molar-refractivity contribution in [2.24, 2.45) is 5.92 Å². The van der Waals surface area contributed by atoms with Crippen molar-refractivity contribution in [2.45, 2.75) is 32.8 Å².